The number of hydrogen-bond acceptors (Lipinski definition) is 1. The summed E-state index contributed by atoms with van der Waals surface area (Å²) >= 11 is 9.15. The largest absolute Gasteiger partial charge is 0.497 e. The SMILES string of the molecule is C=C(OC)c1cc(Cl)cc(Br)c1. The number of rotatable bonds is 2. The highest BCUT2D eigenvalue weighted by Crippen LogP contribution is 2.23. The summed E-state index contributed by atoms with van der Waals surface area (Å²) in [6.45, 7) is 3.72. The normalized spacial score (nSPS) is 9.58. The molecule has 0 aliphatic rings. The van der Waals surface area contributed by atoms with Crippen LogP contribution in [0.2, 0.25) is 5.02 Å². The lowest BCUT2D eigenvalue weighted by Crippen LogP contribution is -1.85. The molecule has 0 spiro atoms. The molecule has 0 aliphatic heterocycles. The second kappa shape index (κ2) is 3.97. The summed E-state index contributed by atoms with van der Waals surface area (Å²) in [6, 6.07) is 5.52. The molecule has 1 aromatic rings. The third-order valence-corrected chi connectivity index (χ3v) is 2.11. The molecule has 64 valence electrons. The highest BCUT2D eigenvalue weighted by Gasteiger charge is 2.00. The van der Waals surface area contributed by atoms with Crippen molar-refractivity contribution >= 4 is 33.3 Å². The smallest absolute Gasteiger partial charge is 0.119 e. The van der Waals surface area contributed by atoms with Crippen LogP contribution < -0.4 is 0 Å². The summed E-state index contributed by atoms with van der Waals surface area (Å²) in [5.41, 5.74) is 0.886. The van der Waals surface area contributed by atoms with Crippen LogP contribution in [0.4, 0.5) is 0 Å². The maximum absolute atomic E-state index is 5.82. The van der Waals surface area contributed by atoms with E-state index < -0.39 is 0 Å². The first-order chi connectivity index (χ1) is 5.63. The predicted molar refractivity (Wildman–Crippen MR) is 55.2 cm³/mol. The predicted octanol–water partition coefficient (Wildman–Crippen LogP) is 3.72. The van der Waals surface area contributed by atoms with Crippen molar-refractivity contribution in [2.24, 2.45) is 0 Å². The molecule has 0 atom stereocenters. The summed E-state index contributed by atoms with van der Waals surface area (Å²) in [7, 11) is 1.58. The third kappa shape index (κ3) is 2.26. The minimum Gasteiger partial charge on any atom is -0.497 e. The average Bonchev–Trinajstić information content (AvgIpc) is 2.01. The summed E-state index contributed by atoms with van der Waals surface area (Å²) in [4.78, 5) is 0. The summed E-state index contributed by atoms with van der Waals surface area (Å²) in [6.07, 6.45) is 0. The van der Waals surface area contributed by atoms with Crippen LogP contribution in [0.1, 0.15) is 5.56 Å². The highest BCUT2D eigenvalue weighted by atomic mass is 79.9. The van der Waals surface area contributed by atoms with Crippen LogP contribution >= 0.6 is 27.5 Å². The molecule has 0 heterocycles. The van der Waals surface area contributed by atoms with Gasteiger partial charge in [0.15, 0.2) is 0 Å². The van der Waals surface area contributed by atoms with E-state index in [1.807, 2.05) is 12.1 Å². The van der Waals surface area contributed by atoms with Gasteiger partial charge in [0.05, 0.1) is 7.11 Å². The van der Waals surface area contributed by atoms with Crippen molar-refractivity contribution in [2.75, 3.05) is 7.11 Å². The van der Waals surface area contributed by atoms with Crippen molar-refractivity contribution in [3.8, 4) is 0 Å². The summed E-state index contributed by atoms with van der Waals surface area (Å²) in [5, 5.41) is 0.664. The van der Waals surface area contributed by atoms with Gasteiger partial charge in [-0.15, -0.1) is 0 Å². The highest BCUT2D eigenvalue weighted by molar-refractivity contribution is 9.10. The molecule has 0 N–H and O–H groups in total. The molecule has 1 rings (SSSR count). The monoisotopic (exact) mass is 246 g/mol. The second-order valence-electron chi connectivity index (χ2n) is 2.29. The number of ether oxygens (including phenoxy) is 1. The molecule has 1 aromatic carbocycles. The number of methoxy groups -OCH3 is 1. The molecule has 0 radical (unpaired) electrons. The van der Waals surface area contributed by atoms with E-state index in [0.717, 1.165) is 10.0 Å². The van der Waals surface area contributed by atoms with Gasteiger partial charge in [0, 0.05) is 15.1 Å². The lowest BCUT2D eigenvalue weighted by molar-refractivity contribution is 0.371. The molecule has 0 aromatic heterocycles. The van der Waals surface area contributed by atoms with E-state index in [4.69, 9.17) is 16.3 Å². The maximum Gasteiger partial charge on any atom is 0.119 e. The van der Waals surface area contributed by atoms with E-state index in [0.29, 0.717) is 10.8 Å². The van der Waals surface area contributed by atoms with Crippen molar-refractivity contribution in [3.05, 3.63) is 39.8 Å². The van der Waals surface area contributed by atoms with Gasteiger partial charge in [0.2, 0.25) is 0 Å². The fraction of sp³-hybridized carbons (Fsp3) is 0.111. The van der Waals surface area contributed by atoms with E-state index >= 15 is 0 Å². The Balaban J connectivity index is 3.08. The quantitative estimate of drug-likeness (QED) is 0.724. The fourth-order valence-corrected chi connectivity index (χ4v) is 1.69. The number of hydrogen-bond donors (Lipinski definition) is 0. The lowest BCUT2D eigenvalue weighted by Gasteiger charge is -2.04. The number of benzene rings is 1. The first kappa shape index (κ1) is 9.62. The van der Waals surface area contributed by atoms with Gasteiger partial charge in [0.1, 0.15) is 5.76 Å². The van der Waals surface area contributed by atoms with E-state index in [-0.39, 0.29) is 0 Å². The van der Waals surface area contributed by atoms with E-state index in [2.05, 4.69) is 22.5 Å². The van der Waals surface area contributed by atoms with Crippen molar-refractivity contribution < 1.29 is 4.74 Å². The Morgan fingerprint density at radius 2 is 2.17 bits per heavy atom. The lowest BCUT2D eigenvalue weighted by atomic mass is 10.2. The van der Waals surface area contributed by atoms with Crippen LogP contribution in [0, 0.1) is 0 Å². The molecule has 0 saturated carbocycles. The van der Waals surface area contributed by atoms with Gasteiger partial charge in [-0.1, -0.05) is 34.1 Å². The number of halogens is 2. The van der Waals surface area contributed by atoms with Crippen LogP contribution in [-0.4, -0.2) is 7.11 Å². The molecule has 0 fully saturated rings. The van der Waals surface area contributed by atoms with Crippen molar-refractivity contribution in [1.82, 2.24) is 0 Å². The van der Waals surface area contributed by atoms with Crippen LogP contribution in [0.5, 0.6) is 0 Å². The fourth-order valence-electron chi connectivity index (χ4n) is 0.833. The van der Waals surface area contributed by atoms with Crippen molar-refractivity contribution in [3.63, 3.8) is 0 Å². The topological polar surface area (TPSA) is 9.23 Å². The Morgan fingerprint density at radius 1 is 1.50 bits per heavy atom. The Morgan fingerprint density at radius 3 is 2.67 bits per heavy atom. The molecule has 3 heteroatoms. The van der Waals surface area contributed by atoms with Gasteiger partial charge in [-0.3, -0.25) is 0 Å². The van der Waals surface area contributed by atoms with Crippen LogP contribution in [0.25, 0.3) is 5.76 Å². The van der Waals surface area contributed by atoms with E-state index in [1.165, 1.54) is 0 Å². The minimum absolute atomic E-state index is 0.609. The standard InChI is InChI=1S/C9H8BrClO/c1-6(12-2)7-3-8(10)5-9(11)4-7/h3-5H,1H2,2H3. The van der Waals surface area contributed by atoms with Gasteiger partial charge in [-0.2, -0.15) is 0 Å². The van der Waals surface area contributed by atoms with E-state index in [9.17, 15) is 0 Å². The second-order valence-corrected chi connectivity index (χ2v) is 3.64. The molecular weight excluding hydrogens is 239 g/mol. The minimum atomic E-state index is 0.609. The Labute approximate surface area is 85.1 Å². The first-order valence-electron chi connectivity index (χ1n) is 3.33. The van der Waals surface area contributed by atoms with Gasteiger partial charge < -0.3 is 4.74 Å². The Bertz CT molecular complexity index is 289. The van der Waals surface area contributed by atoms with E-state index in [1.54, 1.807) is 13.2 Å². The molecule has 12 heavy (non-hydrogen) atoms. The third-order valence-electron chi connectivity index (χ3n) is 1.43. The Kier molecular flexibility index (Phi) is 3.18. The molecule has 0 amide bonds. The summed E-state index contributed by atoms with van der Waals surface area (Å²) < 4.78 is 5.89. The first-order valence-corrected chi connectivity index (χ1v) is 4.50. The van der Waals surface area contributed by atoms with Crippen molar-refractivity contribution in [1.29, 1.82) is 0 Å². The van der Waals surface area contributed by atoms with Gasteiger partial charge in [-0.25, -0.2) is 0 Å². The zero-order valence-corrected chi connectivity index (χ0v) is 8.95. The molecule has 0 bridgehead atoms. The van der Waals surface area contributed by atoms with Crippen LogP contribution in [-0.2, 0) is 4.74 Å². The van der Waals surface area contributed by atoms with Gasteiger partial charge in [-0.05, 0) is 18.2 Å². The zero-order chi connectivity index (χ0) is 9.14. The maximum atomic E-state index is 5.82. The molecular formula is C9H8BrClO. The molecule has 0 saturated heterocycles. The molecule has 1 nitrogen and oxygen atoms in total. The Hall–Kier alpha value is -0.470. The molecule has 0 aliphatic carbocycles. The molecule has 0 unspecified atom stereocenters. The van der Waals surface area contributed by atoms with Gasteiger partial charge >= 0.3 is 0 Å². The zero-order valence-electron chi connectivity index (χ0n) is 6.60. The van der Waals surface area contributed by atoms with Crippen molar-refractivity contribution in [2.45, 2.75) is 0 Å². The van der Waals surface area contributed by atoms with Crippen LogP contribution in [0.3, 0.4) is 0 Å². The van der Waals surface area contributed by atoms with Crippen LogP contribution in [0.15, 0.2) is 29.3 Å². The average molecular weight is 248 g/mol. The summed E-state index contributed by atoms with van der Waals surface area (Å²) in [5.74, 6) is 0.609. The van der Waals surface area contributed by atoms with Gasteiger partial charge in [0.25, 0.3) is 0 Å².